The van der Waals surface area contributed by atoms with Crippen LogP contribution in [0.4, 0.5) is 0 Å². The number of nitrogens with zero attached hydrogens (tertiary/aromatic N) is 2. The van der Waals surface area contributed by atoms with Gasteiger partial charge in [-0.3, -0.25) is 9.89 Å². The summed E-state index contributed by atoms with van der Waals surface area (Å²) < 4.78 is 5.32. The summed E-state index contributed by atoms with van der Waals surface area (Å²) in [6.45, 7) is 0.488. The summed E-state index contributed by atoms with van der Waals surface area (Å²) in [5, 5.41) is 15.2. The zero-order chi connectivity index (χ0) is 17.9. The first-order valence-electron chi connectivity index (χ1n) is 8.12. The van der Waals surface area contributed by atoms with Crippen LogP contribution in [0, 0.1) is 0 Å². The van der Waals surface area contributed by atoms with Gasteiger partial charge in [-0.1, -0.05) is 28.9 Å². The van der Waals surface area contributed by atoms with Gasteiger partial charge in [-0.25, -0.2) is 0 Å². The number of aromatic amines is 1. The smallest absolute Gasteiger partial charge is 0.273 e. The van der Waals surface area contributed by atoms with Crippen LogP contribution >= 0.6 is 11.6 Å². The molecule has 0 unspecified atom stereocenters. The molecule has 0 fully saturated rings. The SMILES string of the molecule is O=C(NCCc1cccc(Cl)c1)c1cc(-c2ccc3[nH]ncc3c2)on1. The maximum atomic E-state index is 12.2. The minimum Gasteiger partial charge on any atom is -0.355 e. The molecule has 0 spiro atoms. The minimum atomic E-state index is -0.272. The lowest BCUT2D eigenvalue weighted by Crippen LogP contribution is -2.25. The molecular formula is C19H15ClN4O2. The maximum Gasteiger partial charge on any atom is 0.273 e. The Balaban J connectivity index is 1.41. The highest BCUT2D eigenvalue weighted by Gasteiger charge is 2.14. The van der Waals surface area contributed by atoms with Crippen LogP contribution in [0.15, 0.2) is 59.3 Å². The van der Waals surface area contributed by atoms with Crippen molar-refractivity contribution < 1.29 is 9.32 Å². The van der Waals surface area contributed by atoms with Gasteiger partial charge in [0, 0.05) is 28.6 Å². The van der Waals surface area contributed by atoms with Crippen molar-refractivity contribution in [3.05, 3.63) is 71.0 Å². The number of hydrogen-bond donors (Lipinski definition) is 2. The van der Waals surface area contributed by atoms with Gasteiger partial charge < -0.3 is 9.84 Å². The van der Waals surface area contributed by atoms with Crippen molar-refractivity contribution in [1.29, 1.82) is 0 Å². The van der Waals surface area contributed by atoms with E-state index in [9.17, 15) is 4.79 Å². The first kappa shape index (κ1) is 16.4. The molecule has 2 aromatic heterocycles. The summed E-state index contributed by atoms with van der Waals surface area (Å²) in [6.07, 6.45) is 2.42. The highest BCUT2D eigenvalue weighted by Crippen LogP contribution is 2.24. The third-order valence-electron chi connectivity index (χ3n) is 4.06. The molecule has 0 saturated carbocycles. The number of aromatic nitrogens is 3. The monoisotopic (exact) mass is 366 g/mol. The highest BCUT2D eigenvalue weighted by molar-refractivity contribution is 6.30. The average Bonchev–Trinajstić information content (AvgIpc) is 3.30. The predicted octanol–water partition coefficient (Wildman–Crippen LogP) is 3.84. The fraction of sp³-hybridized carbons (Fsp3) is 0.105. The molecule has 0 aliphatic carbocycles. The standard InChI is InChI=1S/C19H15ClN4O2/c20-15-3-1-2-12(8-15)6-7-21-19(25)17-10-18(26-24-17)13-4-5-16-14(9-13)11-22-23-16/h1-5,8-11H,6-7H2,(H,21,25)(H,22,23). The second kappa shape index (κ2) is 7.01. The number of hydrogen-bond acceptors (Lipinski definition) is 4. The summed E-state index contributed by atoms with van der Waals surface area (Å²) in [5.41, 5.74) is 3.09. The Morgan fingerprint density at radius 3 is 3.00 bits per heavy atom. The Hall–Kier alpha value is -3.12. The van der Waals surface area contributed by atoms with Crippen LogP contribution < -0.4 is 5.32 Å². The topological polar surface area (TPSA) is 83.8 Å². The highest BCUT2D eigenvalue weighted by atomic mass is 35.5. The van der Waals surface area contributed by atoms with Crippen LogP contribution in [0.5, 0.6) is 0 Å². The number of carbonyl (C=O) groups is 1. The Bertz CT molecular complexity index is 1070. The number of fused-ring (bicyclic) bond motifs is 1. The van der Waals surface area contributed by atoms with Gasteiger partial charge in [0.1, 0.15) is 0 Å². The Morgan fingerprint density at radius 2 is 2.12 bits per heavy atom. The molecule has 1 amide bonds. The molecule has 2 aromatic carbocycles. The van der Waals surface area contributed by atoms with E-state index in [1.807, 2.05) is 42.5 Å². The van der Waals surface area contributed by atoms with Gasteiger partial charge in [0.15, 0.2) is 11.5 Å². The molecule has 0 saturated heterocycles. The molecule has 7 heteroatoms. The molecule has 0 atom stereocenters. The summed E-state index contributed by atoms with van der Waals surface area (Å²) in [5.74, 6) is 0.263. The van der Waals surface area contributed by atoms with Crippen molar-refractivity contribution in [2.45, 2.75) is 6.42 Å². The second-order valence-corrected chi connectivity index (χ2v) is 6.32. The van der Waals surface area contributed by atoms with Crippen molar-refractivity contribution >= 4 is 28.4 Å². The minimum absolute atomic E-state index is 0.249. The van der Waals surface area contributed by atoms with Crippen LogP contribution in [0.3, 0.4) is 0 Å². The number of carbonyl (C=O) groups excluding carboxylic acids is 1. The van der Waals surface area contributed by atoms with Crippen molar-refractivity contribution in [3.8, 4) is 11.3 Å². The molecule has 0 radical (unpaired) electrons. The van der Waals surface area contributed by atoms with Crippen molar-refractivity contribution in [1.82, 2.24) is 20.7 Å². The molecule has 0 bridgehead atoms. The van der Waals surface area contributed by atoms with E-state index in [-0.39, 0.29) is 11.6 Å². The van der Waals surface area contributed by atoms with Gasteiger partial charge in [0.05, 0.1) is 11.7 Å². The largest absolute Gasteiger partial charge is 0.355 e. The molecular weight excluding hydrogens is 352 g/mol. The third-order valence-corrected chi connectivity index (χ3v) is 4.29. The van der Waals surface area contributed by atoms with Gasteiger partial charge in [0.25, 0.3) is 5.91 Å². The normalized spacial score (nSPS) is 11.0. The van der Waals surface area contributed by atoms with E-state index in [1.54, 1.807) is 12.3 Å². The molecule has 26 heavy (non-hydrogen) atoms. The fourth-order valence-corrected chi connectivity index (χ4v) is 2.93. The summed E-state index contributed by atoms with van der Waals surface area (Å²) in [6, 6.07) is 14.9. The van der Waals surface area contributed by atoms with E-state index in [1.165, 1.54) is 0 Å². The number of rotatable bonds is 5. The summed E-state index contributed by atoms with van der Waals surface area (Å²) in [7, 11) is 0. The number of amides is 1. The van der Waals surface area contributed by atoms with E-state index in [2.05, 4.69) is 20.7 Å². The molecule has 2 heterocycles. The Labute approximate surface area is 154 Å². The van der Waals surface area contributed by atoms with Crippen molar-refractivity contribution in [3.63, 3.8) is 0 Å². The van der Waals surface area contributed by atoms with Crippen LogP contribution in [-0.4, -0.2) is 27.8 Å². The van der Waals surface area contributed by atoms with Crippen LogP contribution in [-0.2, 0) is 6.42 Å². The van der Waals surface area contributed by atoms with Gasteiger partial charge in [-0.05, 0) is 42.3 Å². The van der Waals surface area contributed by atoms with Crippen molar-refractivity contribution in [2.24, 2.45) is 0 Å². The molecule has 2 N–H and O–H groups in total. The molecule has 130 valence electrons. The van der Waals surface area contributed by atoms with E-state index in [0.29, 0.717) is 23.7 Å². The van der Waals surface area contributed by atoms with E-state index in [4.69, 9.17) is 16.1 Å². The first-order chi connectivity index (χ1) is 12.7. The van der Waals surface area contributed by atoms with Crippen molar-refractivity contribution in [2.75, 3.05) is 6.54 Å². The molecule has 6 nitrogen and oxygen atoms in total. The van der Waals surface area contributed by atoms with Crippen LogP contribution in [0.2, 0.25) is 5.02 Å². The van der Waals surface area contributed by atoms with E-state index in [0.717, 1.165) is 22.0 Å². The number of nitrogens with one attached hydrogen (secondary N) is 2. The first-order valence-corrected chi connectivity index (χ1v) is 8.50. The number of halogens is 1. The molecule has 4 aromatic rings. The number of benzene rings is 2. The maximum absolute atomic E-state index is 12.2. The lowest BCUT2D eigenvalue weighted by atomic mass is 10.1. The summed E-state index contributed by atoms with van der Waals surface area (Å²) >= 11 is 5.96. The van der Waals surface area contributed by atoms with Gasteiger partial charge >= 0.3 is 0 Å². The van der Waals surface area contributed by atoms with E-state index < -0.39 is 0 Å². The van der Waals surface area contributed by atoms with Gasteiger partial charge in [0.2, 0.25) is 0 Å². The Morgan fingerprint density at radius 1 is 1.19 bits per heavy atom. The average molecular weight is 367 g/mol. The lowest BCUT2D eigenvalue weighted by Gasteiger charge is -2.03. The lowest BCUT2D eigenvalue weighted by molar-refractivity contribution is 0.0945. The number of H-pyrrole nitrogens is 1. The fourth-order valence-electron chi connectivity index (χ4n) is 2.72. The zero-order valence-corrected chi connectivity index (χ0v) is 14.5. The second-order valence-electron chi connectivity index (χ2n) is 5.88. The predicted molar refractivity (Wildman–Crippen MR) is 99.1 cm³/mol. The Kier molecular flexibility index (Phi) is 4.41. The quantitative estimate of drug-likeness (QED) is 0.562. The van der Waals surface area contributed by atoms with E-state index >= 15 is 0 Å². The van der Waals surface area contributed by atoms with Crippen LogP contribution in [0.1, 0.15) is 16.1 Å². The third kappa shape index (κ3) is 3.45. The molecule has 0 aliphatic heterocycles. The molecule has 0 aliphatic rings. The molecule has 4 rings (SSSR count). The zero-order valence-electron chi connectivity index (χ0n) is 13.7. The van der Waals surface area contributed by atoms with Crippen LogP contribution in [0.25, 0.3) is 22.2 Å². The summed E-state index contributed by atoms with van der Waals surface area (Å²) in [4.78, 5) is 12.2. The van der Waals surface area contributed by atoms with Gasteiger partial charge in [-0.2, -0.15) is 5.10 Å². The van der Waals surface area contributed by atoms with Gasteiger partial charge in [-0.15, -0.1) is 0 Å².